The van der Waals surface area contributed by atoms with Crippen LogP contribution in [0.5, 0.6) is 0 Å². The first-order chi connectivity index (χ1) is 9.79. The number of thiophene rings is 1. The molecule has 1 N–H and O–H groups in total. The molecule has 0 aliphatic rings. The van der Waals surface area contributed by atoms with E-state index in [0.29, 0.717) is 0 Å². The summed E-state index contributed by atoms with van der Waals surface area (Å²) in [5.74, 6) is 0. The number of aryl methyl sites for hydroxylation is 1. The zero-order valence-corrected chi connectivity index (χ0v) is 12.4. The van der Waals surface area contributed by atoms with Crippen molar-refractivity contribution >= 4 is 21.6 Å². The van der Waals surface area contributed by atoms with E-state index in [0.717, 1.165) is 29.7 Å². The Bertz CT molecular complexity index is 702. The van der Waals surface area contributed by atoms with Gasteiger partial charge in [0, 0.05) is 13.2 Å². The summed E-state index contributed by atoms with van der Waals surface area (Å²) in [4.78, 5) is 4.53. The standard InChI is InChI=1S/C14H17N5S/c1-3-5-15-14(12-9-17-18-19(12)2)10-7-13-11(16-8-10)4-6-20-13/h4,6-9,14-15H,3,5H2,1-2H3. The summed E-state index contributed by atoms with van der Waals surface area (Å²) in [6.07, 6.45) is 4.83. The van der Waals surface area contributed by atoms with Crippen LogP contribution in [-0.4, -0.2) is 26.5 Å². The van der Waals surface area contributed by atoms with Gasteiger partial charge >= 0.3 is 0 Å². The van der Waals surface area contributed by atoms with Crippen LogP contribution in [0.25, 0.3) is 10.2 Å². The highest BCUT2D eigenvalue weighted by Gasteiger charge is 2.18. The summed E-state index contributed by atoms with van der Waals surface area (Å²) >= 11 is 1.72. The normalized spacial score (nSPS) is 12.9. The van der Waals surface area contributed by atoms with Crippen molar-refractivity contribution in [2.75, 3.05) is 6.54 Å². The second-order valence-corrected chi connectivity index (χ2v) is 5.69. The van der Waals surface area contributed by atoms with E-state index < -0.39 is 0 Å². The van der Waals surface area contributed by atoms with Crippen molar-refractivity contribution < 1.29 is 0 Å². The van der Waals surface area contributed by atoms with Gasteiger partial charge in [-0.05, 0) is 36.0 Å². The van der Waals surface area contributed by atoms with Gasteiger partial charge < -0.3 is 5.32 Å². The summed E-state index contributed by atoms with van der Waals surface area (Å²) in [7, 11) is 1.92. The topological polar surface area (TPSA) is 55.6 Å². The molecule has 3 rings (SSSR count). The molecule has 0 amide bonds. The molecule has 1 unspecified atom stereocenters. The highest BCUT2D eigenvalue weighted by atomic mass is 32.1. The lowest BCUT2D eigenvalue weighted by Crippen LogP contribution is -2.25. The van der Waals surface area contributed by atoms with Gasteiger partial charge in [0.2, 0.25) is 0 Å². The maximum absolute atomic E-state index is 4.53. The van der Waals surface area contributed by atoms with E-state index in [9.17, 15) is 0 Å². The van der Waals surface area contributed by atoms with Crippen LogP contribution in [0.3, 0.4) is 0 Å². The molecule has 20 heavy (non-hydrogen) atoms. The summed E-state index contributed by atoms with van der Waals surface area (Å²) in [5, 5.41) is 13.6. The van der Waals surface area contributed by atoms with E-state index in [-0.39, 0.29) is 6.04 Å². The Morgan fingerprint density at radius 1 is 1.40 bits per heavy atom. The van der Waals surface area contributed by atoms with Crippen molar-refractivity contribution in [2.24, 2.45) is 7.05 Å². The minimum absolute atomic E-state index is 0.0777. The molecule has 5 nitrogen and oxygen atoms in total. The molecule has 3 aromatic heterocycles. The zero-order valence-electron chi connectivity index (χ0n) is 11.6. The van der Waals surface area contributed by atoms with Crippen molar-refractivity contribution in [2.45, 2.75) is 19.4 Å². The van der Waals surface area contributed by atoms with Crippen LogP contribution in [0, 0.1) is 0 Å². The molecule has 104 valence electrons. The average Bonchev–Trinajstić information content (AvgIpc) is 3.08. The van der Waals surface area contributed by atoms with Crippen LogP contribution in [-0.2, 0) is 7.05 Å². The monoisotopic (exact) mass is 287 g/mol. The molecule has 1 atom stereocenters. The summed E-state index contributed by atoms with van der Waals surface area (Å²) in [6.45, 7) is 3.10. The molecule has 3 aromatic rings. The second-order valence-electron chi connectivity index (χ2n) is 4.74. The third-order valence-corrected chi connectivity index (χ3v) is 4.15. The van der Waals surface area contributed by atoms with Crippen molar-refractivity contribution in [3.63, 3.8) is 0 Å². The summed E-state index contributed by atoms with van der Waals surface area (Å²) in [6, 6.07) is 4.32. The average molecular weight is 287 g/mol. The summed E-state index contributed by atoms with van der Waals surface area (Å²) < 4.78 is 3.02. The highest BCUT2D eigenvalue weighted by Crippen LogP contribution is 2.26. The number of pyridine rings is 1. The predicted molar refractivity (Wildman–Crippen MR) is 80.8 cm³/mol. The minimum atomic E-state index is 0.0777. The van der Waals surface area contributed by atoms with E-state index in [1.807, 2.05) is 30.2 Å². The lowest BCUT2D eigenvalue weighted by Gasteiger charge is -2.18. The third-order valence-electron chi connectivity index (χ3n) is 3.30. The Hall–Kier alpha value is -1.79. The molecule has 3 heterocycles. The molecular formula is C14H17N5S. The van der Waals surface area contributed by atoms with Gasteiger partial charge in [-0.2, -0.15) is 0 Å². The van der Waals surface area contributed by atoms with Crippen LogP contribution in [0.15, 0.2) is 29.9 Å². The van der Waals surface area contributed by atoms with Gasteiger partial charge in [-0.15, -0.1) is 16.4 Å². The van der Waals surface area contributed by atoms with E-state index >= 15 is 0 Å². The quantitative estimate of drug-likeness (QED) is 0.783. The first-order valence-electron chi connectivity index (χ1n) is 6.70. The van der Waals surface area contributed by atoms with Gasteiger partial charge in [0.1, 0.15) is 0 Å². The number of fused-ring (bicyclic) bond motifs is 1. The molecular weight excluding hydrogens is 270 g/mol. The molecule has 0 saturated heterocycles. The zero-order chi connectivity index (χ0) is 13.9. The minimum Gasteiger partial charge on any atom is -0.305 e. The maximum Gasteiger partial charge on any atom is 0.0809 e. The molecule has 0 spiro atoms. The van der Waals surface area contributed by atoms with Crippen LogP contribution in [0.1, 0.15) is 30.6 Å². The number of nitrogens with one attached hydrogen (secondary N) is 1. The molecule has 0 bridgehead atoms. The van der Waals surface area contributed by atoms with E-state index in [1.165, 1.54) is 4.70 Å². The van der Waals surface area contributed by atoms with Gasteiger partial charge in [-0.25, -0.2) is 0 Å². The molecule has 0 radical (unpaired) electrons. The van der Waals surface area contributed by atoms with Crippen LogP contribution < -0.4 is 5.32 Å². The largest absolute Gasteiger partial charge is 0.305 e. The fourth-order valence-corrected chi connectivity index (χ4v) is 3.05. The number of hydrogen-bond acceptors (Lipinski definition) is 5. The van der Waals surface area contributed by atoms with E-state index in [1.54, 1.807) is 11.3 Å². The van der Waals surface area contributed by atoms with Gasteiger partial charge in [-0.1, -0.05) is 12.1 Å². The Labute approximate surface area is 121 Å². The molecule has 0 aliphatic heterocycles. The molecule has 6 heteroatoms. The maximum atomic E-state index is 4.53. The summed E-state index contributed by atoms with van der Waals surface area (Å²) in [5.41, 5.74) is 3.26. The number of nitrogens with zero attached hydrogens (tertiary/aromatic N) is 4. The molecule has 0 aromatic carbocycles. The Balaban J connectivity index is 2.01. The number of rotatable bonds is 5. The number of hydrogen-bond donors (Lipinski definition) is 1. The predicted octanol–water partition coefficient (Wildman–Crippen LogP) is 2.51. The smallest absolute Gasteiger partial charge is 0.0809 e. The lowest BCUT2D eigenvalue weighted by molar-refractivity contribution is 0.550. The van der Waals surface area contributed by atoms with Crippen molar-refractivity contribution in [1.29, 1.82) is 0 Å². The fourth-order valence-electron chi connectivity index (χ4n) is 2.26. The second kappa shape index (κ2) is 5.68. The first-order valence-corrected chi connectivity index (χ1v) is 7.58. The Kier molecular flexibility index (Phi) is 3.75. The van der Waals surface area contributed by atoms with Gasteiger partial charge in [-0.3, -0.25) is 9.67 Å². The molecule has 0 fully saturated rings. The number of aromatic nitrogens is 4. The van der Waals surface area contributed by atoms with Crippen LogP contribution in [0.4, 0.5) is 0 Å². The van der Waals surface area contributed by atoms with Crippen LogP contribution in [0.2, 0.25) is 0 Å². The third kappa shape index (κ3) is 2.44. The fraction of sp³-hybridized carbons (Fsp3) is 0.357. The molecule has 0 saturated carbocycles. The Morgan fingerprint density at radius 3 is 3.05 bits per heavy atom. The van der Waals surface area contributed by atoms with E-state index in [4.69, 9.17) is 0 Å². The van der Waals surface area contributed by atoms with Crippen molar-refractivity contribution in [3.8, 4) is 0 Å². The van der Waals surface area contributed by atoms with Crippen LogP contribution >= 0.6 is 11.3 Å². The van der Waals surface area contributed by atoms with Crippen molar-refractivity contribution in [3.05, 3.63) is 41.2 Å². The molecule has 0 aliphatic carbocycles. The van der Waals surface area contributed by atoms with Gasteiger partial charge in [0.15, 0.2) is 0 Å². The lowest BCUT2D eigenvalue weighted by atomic mass is 10.1. The first kappa shape index (κ1) is 13.2. The van der Waals surface area contributed by atoms with Crippen molar-refractivity contribution in [1.82, 2.24) is 25.3 Å². The van der Waals surface area contributed by atoms with Gasteiger partial charge in [0.05, 0.1) is 28.1 Å². The van der Waals surface area contributed by atoms with Gasteiger partial charge in [0.25, 0.3) is 0 Å². The Morgan fingerprint density at radius 2 is 2.30 bits per heavy atom. The highest BCUT2D eigenvalue weighted by molar-refractivity contribution is 7.17. The SMILES string of the molecule is CCCNC(c1cnc2ccsc2c1)c1cnnn1C. The van der Waals surface area contributed by atoms with E-state index in [2.05, 4.69) is 39.0 Å².